The average Bonchev–Trinajstić information content (AvgIpc) is 2.16. The first-order valence-electron chi connectivity index (χ1n) is 5.23. The fraction of sp³-hybridized carbons (Fsp3) is 0.455. The molecule has 5 nitrogen and oxygen atoms in total. The summed E-state index contributed by atoms with van der Waals surface area (Å²) in [5.41, 5.74) is 1.56. The summed E-state index contributed by atoms with van der Waals surface area (Å²) in [4.78, 5) is 15.4. The zero-order chi connectivity index (χ0) is 12.0. The first kappa shape index (κ1) is 12.4. The number of nitrogens with one attached hydrogen (secondary N) is 2. The molecule has 1 heterocycles. The molecular formula is C11H17N3O2. The molecule has 88 valence electrons. The summed E-state index contributed by atoms with van der Waals surface area (Å²) in [5.74, 6) is 0. The predicted molar refractivity (Wildman–Crippen MR) is 62.3 cm³/mol. The number of aliphatic hydroxyl groups is 1. The van der Waals surface area contributed by atoms with E-state index in [0.29, 0.717) is 18.7 Å². The van der Waals surface area contributed by atoms with Crippen LogP contribution in [0.4, 0.5) is 10.5 Å². The molecule has 0 aromatic carbocycles. The zero-order valence-corrected chi connectivity index (χ0v) is 9.53. The van der Waals surface area contributed by atoms with Crippen LogP contribution in [-0.4, -0.2) is 28.8 Å². The average molecular weight is 223 g/mol. The maximum absolute atomic E-state index is 11.4. The van der Waals surface area contributed by atoms with Crippen molar-refractivity contribution in [3.63, 3.8) is 0 Å². The summed E-state index contributed by atoms with van der Waals surface area (Å²) in [5, 5.41) is 14.3. The number of aryl methyl sites for hydroxylation is 1. The van der Waals surface area contributed by atoms with Gasteiger partial charge in [-0.3, -0.25) is 4.98 Å². The molecule has 5 heteroatoms. The molecule has 0 saturated carbocycles. The van der Waals surface area contributed by atoms with Crippen LogP contribution in [0.5, 0.6) is 0 Å². The standard InChI is InChI=1S/C11H17N3O2/c1-8-7-10(4-6-12-8)14-11(16)13-5-3-9(2)15/h4,6-7,9,15H,3,5H2,1-2H3,(H2,12,13,14,16). The molecule has 0 bridgehead atoms. The minimum absolute atomic E-state index is 0.272. The molecule has 0 spiro atoms. The fourth-order valence-electron chi connectivity index (χ4n) is 1.19. The zero-order valence-electron chi connectivity index (χ0n) is 9.53. The highest BCUT2D eigenvalue weighted by Gasteiger charge is 2.02. The molecule has 2 amide bonds. The highest BCUT2D eigenvalue weighted by Crippen LogP contribution is 2.06. The Morgan fingerprint density at radius 2 is 2.38 bits per heavy atom. The lowest BCUT2D eigenvalue weighted by molar-refractivity contribution is 0.184. The largest absolute Gasteiger partial charge is 0.393 e. The van der Waals surface area contributed by atoms with Crippen molar-refractivity contribution in [2.75, 3.05) is 11.9 Å². The molecule has 1 rings (SSSR count). The minimum atomic E-state index is -0.400. The van der Waals surface area contributed by atoms with E-state index in [1.807, 2.05) is 6.92 Å². The smallest absolute Gasteiger partial charge is 0.319 e. The third-order valence-corrected chi connectivity index (χ3v) is 2.00. The van der Waals surface area contributed by atoms with Crippen molar-refractivity contribution < 1.29 is 9.90 Å². The molecule has 1 aromatic heterocycles. The van der Waals surface area contributed by atoms with Gasteiger partial charge in [-0.05, 0) is 32.4 Å². The molecule has 0 saturated heterocycles. The Bertz CT molecular complexity index is 353. The molecule has 1 unspecified atom stereocenters. The third kappa shape index (κ3) is 4.75. The first-order valence-corrected chi connectivity index (χ1v) is 5.23. The lowest BCUT2D eigenvalue weighted by Crippen LogP contribution is -2.30. The van der Waals surface area contributed by atoms with Gasteiger partial charge in [-0.25, -0.2) is 4.79 Å². The van der Waals surface area contributed by atoms with E-state index in [0.717, 1.165) is 5.69 Å². The van der Waals surface area contributed by atoms with E-state index < -0.39 is 6.10 Å². The van der Waals surface area contributed by atoms with E-state index in [9.17, 15) is 4.79 Å². The van der Waals surface area contributed by atoms with Crippen LogP contribution in [0, 0.1) is 6.92 Å². The Hall–Kier alpha value is -1.62. The minimum Gasteiger partial charge on any atom is -0.393 e. The van der Waals surface area contributed by atoms with Crippen molar-refractivity contribution >= 4 is 11.7 Å². The van der Waals surface area contributed by atoms with Gasteiger partial charge in [0.15, 0.2) is 0 Å². The van der Waals surface area contributed by atoms with E-state index in [4.69, 9.17) is 5.11 Å². The van der Waals surface area contributed by atoms with E-state index in [-0.39, 0.29) is 6.03 Å². The van der Waals surface area contributed by atoms with Gasteiger partial charge in [0, 0.05) is 24.1 Å². The number of hydrogen-bond acceptors (Lipinski definition) is 3. The van der Waals surface area contributed by atoms with Gasteiger partial charge in [-0.15, -0.1) is 0 Å². The molecule has 3 N–H and O–H groups in total. The second-order valence-corrected chi connectivity index (χ2v) is 3.70. The number of hydrogen-bond donors (Lipinski definition) is 3. The van der Waals surface area contributed by atoms with Crippen LogP contribution < -0.4 is 10.6 Å². The molecular weight excluding hydrogens is 206 g/mol. The van der Waals surface area contributed by atoms with Crippen LogP contribution in [-0.2, 0) is 0 Å². The van der Waals surface area contributed by atoms with Crippen molar-refractivity contribution in [2.45, 2.75) is 26.4 Å². The summed E-state index contributed by atoms with van der Waals surface area (Å²) in [6.45, 7) is 4.00. The molecule has 0 fully saturated rings. The van der Waals surface area contributed by atoms with Gasteiger partial charge >= 0.3 is 6.03 Å². The molecule has 0 aliphatic heterocycles. The van der Waals surface area contributed by atoms with E-state index in [1.54, 1.807) is 25.3 Å². The van der Waals surface area contributed by atoms with Crippen LogP contribution in [0.3, 0.4) is 0 Å². The Kier molecular flexibility index (Phi) is 4.72. The summed E-state index contributed by atoms with van der Waals surface area (Å²) in [7, 11) is 0. The quantitative estimate of drug-likeness (QED) is 0.720. The monoisotopic (exact) mass is 223 g/mol. The summed E-state index contributed by atoms with van der Waals surface area (Å²) in [6, 6.07) is 3.24. The van der Waals surface area contributed by atoms with E-state index in [2.05, 4.69) is 15.6 Å². The van der Waals surface area contributed by atoms with Crippen LogP contribution in [0.25, 0.3) is 0 Å². The van der Waals surface area contributed by atoms with Gasteiger partial charge in [-0.1, -0.05) is 0 Å². The number of pyridine rings is 1. The Balaban J connectivity index is 2.34. The highest BCUT2D eigenvalue weighted by molar-refractivity contribution is 5.89. The van der Waals surface area contributed by atoms with E-state index >= 15 is 0 Å². The molecule has 16 heavy (non-hydrogen) atoms. The van der Waals surface area contributed by atoms with Gasteiger partial charge < -0.3 is 15.7 Å². The van der Waals surface area contributed by atoms with Crippen molar-refractivity contribution in [1.29, 1.82) is 0 Å². The Morgan fingerprint density at radius 3 is 3.00 bits per heavy atom. The number of anilines is 1. The molecule has 1 atom stereocenters. The molecule has 0 aliphatic carbocycles. The summed E-state index contributed by atoms with van der Waals surface area (Å²) < 4.78 is 0. The van der Waals surface area contributed by atoms with Gasteiger partial charge in [0.05, 0.1) is 6.10 Å². The van der Waals surface area contributed by atoms with Gasteiger partial charge in [-0.2, -0.15) is 0 Å². The van der Waals surface area contributed by atoms with Crippen LogP contribution in [0.15, 0.2) is 18.3 Å². The normalized spacial score (nSPS) is 11.9. The van der Waals surface area contributed by atoms with Gasteiger partial charge in [0.25, 0.3) is 0 Å². The van der Waals surface area contributed by atoms with Crippen LogP contribution >= 0.6 is 0 Å². The van der Waals surface area contributed by atoms with Crippen molar-refractivity contribution in [3.05, 3.63) is 24.0 Å². The third-order valence-electron chi connectivity index (χ3n) is 2.00. The maximum atomic E-state index is 11.4. The molecule has 0 aliphatic rings. The second-order valence-electron chi connectivity index (χ2n) is 3.70. The van der Waals surface area contributed by atoms with Crippen molar-refractivity contribution in [1.82, 2.24) is 10.3 Å². The number of carbonyl (C=O) groups excluding carboxylic acids is 1. The number of rotatable bonds is 4. The van der Waals surface area contributed by atoms with Crippen LogP contribution in [0.2, 0.25) is 0 Å². The number of nitrogens with zero attached hydrogens (tertiary/aromatic N) is 1. The number of aromatic nitrogens is 1. The summed E-state index contributed by atoms with van der Waals surface area (Å²) in [6.07, 6.45) is 1.78. The molecule has 0 radical (unpaired) electrons. The van der Waals surface area contributed by atoms with Gasteiger partial charge in [0.1, 0.15) is 0 Å². The van der Waals surface area contributed by atoms with Gasteiger partial charge in [0.2, 0.25) is 0 Å². The SMILES string of the molecule is Cc1cc(NC(=O)NCCC(C)O)ccn1. The maximum Gasteiger partial charge on any atom is 0.319 e. The van der Waals surface area contributed by atoms with E-state index in [1.165, 1.54) is 0 Å². The van der Waals surface area contributed by atoms with Crippen LogP contribution in [0.1, 0.15) is 19.0 Å². The lowest BCUT2D eigenvalue weighted by atomic mass is 10.3. The number of amides is 2. The second kappa shape index (κ2) is 6.07. The topological polar surface area (TPSA) is 74.2 Å². The van der Waals surface area contributed by atoms with Crippen molar-refractivity contribution in [2.24, 2.45) is 0 Å². The Labute approximate surface area is 94.9 Å². The fourth-order valence-corrected chi connectivity index (χ4v) is 1.19. The Morgan fingerprint density at radius 1 is 1.62 bits per heavy atom. The molecule has 1 aromatic rings. The predicted octanol–water partition coefficient (Wildman–Crippen LogP) is 1.28. The lowest BCUT2D eigenvalue weighted by Gasteiger charge is -2.08. The first-order chi connectivity index (χ1) is 7.58. The number of urea groups is 1. The number of aliphatic hydroxyl groups excluding tert-OH is 1. The highest BCUT2D eigenvalue weighted by atomic mass is 16.3. The van der Waals surface area contributed by atoms with Crippen molar-refractivity contribution in [3.8, 4) is 0 Å². The number of carbonyl (C=O) groups is 1. The summed E-state index contributed by atoms with van der Waals surface area (Å²) >= 11 is 0.